The standard InChI is InChI=1S/C16H21N5OS2/c22-14(9-12-10-23-8-2-17-12)20-3-5-21(6-4-20)16-15-13(1-7-24-15)18-11-19-16/h1,7,11-12,17H,2-6,8-10H2. The number of anilines is 1. The molecule has 4 heterocycles. The predicted octanol–water partition coefficient (Wildman–Crippen LogP) is 1.43. The Bertz CT molecular complexity index is 707. The number of nitrogens with zero attached hydrogens (tertiary/aromatic N) is 4. The summed E-state index contributed by atoms with van der Waals surface area (Å²) in [5, 5.41) is 5.50. The summed E-state index contributed by atoms with van der Waals surface area (Å²) < 4.78 is 1.14. The lowest BCUT2D eigenvalue weighted by molar-refractivity contribution is -0.131. The van der Waals surface area contributed by atoms with Crippen LogP contribution in [0.1, 0.15) is 6.42 Å². The van der Waals surface area contributed by atoms with Gasteiger partial charge in [-0.05, 0) is 11.4 Å². The fourth-order valence-corrected chi connectivity index (χ4v) is 5.07. The first-order valence-corrected chi connectivity index (χ1v) is 10.4. The minimum absolute atomic E-state index is 0.276. The number of hydrogen-bond donors (Lipinski definition) is 1. The lowest BCUT2D eigenvalue weighted by atomic mass is 10.2. The first-order valence-electron chi connectivity index (χ1n) is 8.33. The minimum Gasteiger partial charge on any atom is -0.352 e. The fraction of sp³-hybridized carbons (Fsp3) is 0.562. The maximum atomic E-state index is 12.5. The third-order valence-corrected chi connectivity index (χ3v) is 6.61. The molecule has 1 N–H and O–H groups in total. The van der Waals surface area contributed by atoms with Crippen LogP contribution < -0.4 is 10.2 Å². The second-order valence-electron chi connectivity index (χ2n) is 6.13. The predicted molar refractivity (Wildman–Crippen MR) is 99.9 cm³/mol. The van der Waals surface area contributed by atoms with E-state index in [1.54, 1.807) is 17.7 Å². The summed E-state index contributed by atoms with van der Waals surface area (Å²) >= 11 is 3.62. The molecule has 1 amide bonds. The zero-order chi connectivity index (χ0) is 16.4. The van der Waals surface area contributed by atoms with E-state index < -0.39 is 0 Å². The van der Waals surface area contributed by atoms with Gasteiger partial charge in [0.1, 0.15) is 12.1 Å². The number of rotatable bonds is 3. The topological polar surface area (TPSA) is 61.4 Å². The molecule has 2 aliphatic rings. The molecule has 4 rings (SSSR count). The van der Waals surface area contributed by atoms with Gasteiger partial charge in [-0.3, -0.25) is 4.79 Å². The average Bonchev–Trinajstić information content (AvgIpc) is 3.11. The smallest absolute Gasteiger partial charge is 0.224 e. The maximum absolute atomic E-state index is 12.5. The Labute approximate surface area is 149 Å². The third-order valence-electron chi connectivity index (χ3n) is 4.58. The van der Waals surface area contributed by atoms with Gasteiger partial charge in [0.25, 0.3) is 0 Å². The summed E-state index contributed by atoms with van der Waals surface area (Å²) in [7, 11) is 0. The van der Waals surface area contributed by atoms with Crippen LogP contribution in [0.25, 0.3) is 10.2 Å². The van der Waals surface area contributed by atoms with E-state index in [9.17, 15) is 4.79 Å². The molecular weight excluding hydrogens is 342 g/mol. The van der Waals surface area contributed by atoms with Gasteiger partial charge < -0.3 is 15.1 Å². The van der Waals surface area contributed by atoms with Crippen LogP contribution in [0.15, 0.2) is 17.8 Å². The van der Waals surface area contributed by atoms with Crippen molar-refractivity contribution in [2.24, 2.45) is 0 Å². The van der Waals surface area contributed by atoms with E-state index in [1.165, 1.54) is 0 Å². The van der Waals surface area contributed by atoms with Crippen molar-refractivity contribution in [2.75, 3.05) is 49.1 Å². The monoisotopic (exact) mass is 363 g/mol. The number of hydrogen-bond acceptors (Lipinski definition) is 7. The highest BCUT2D eigenvalue weighted by Crippen LogP contribution is 2.28. The molecule has 2 aliphatic heterocycles. The molecule has 0 saturated carbocycles. The normalized spacial score (nSPS) is 22.1. The van der Waals surface area contributed by atoms with E-state index in [0.717, 1.165) is 60.3 Å². The lowest BCUT2D eigenvalue weighted by Gasteiger charge is -2.36. The largest absolute Gasteiger partial charge is 0.352 e. The van der Waals surface area contributed by atoms with E-state index >= 15 is 0 Å². The molecule has 1 atom stereocenters. The van der Waals surface area contributed by atoms with E-state index in [4.69, 9.17) is 0 Å². The summed E-state index contributed by atoms with van der Waals surface area (Å²) in [6, 6.07) is 2.36. The number of piperazine rings is 1. The number of fused-ring (bicyclic) bond motifs is 1. The van der Waals surface area contributed by atoms with Crippen LogP contribution >= 0.6 is 23.1 Å². The SMILES string of the molecule is O=C(CC1CSCCN1)N1CCN(c2ncnc3ccsc23)CC1. The Morgan fingerprint density at radius 2 is 2.17 bits per heavy atom. The van der Waals surface area contributed by atoms with Crippen molar-refractivity contribution < 1.29 is 4.79 Å². The van der Waals surface area contributed by atoms with E-state index in [1.807, 2.05) is 22.7 Å². The molecule has 0 bridgehead atoms. The van der Waals surface area contributed by atoms with Gasteiger partial charge in [-0.25, -0.2) is 9.97 Å². The van der Waals surface area contributed by atoms with Crippen molar-refractivity contribution in [1.29, 1.82) is 0 Å². The Balaban J connectivity index is 1.36. The molecule has 2 aromatic rings. The molecule has 1 unspecified atom stereocenters. The summed E-state index contributed by atoms with van der Waals surface area (Å²) in [5.41, 5.74) is 1.00. The van der Waals surface area contributed by atoms with Gasteiger partial charge in [0, 0.05) is 56.7 Å². The molecule has 2 aromatic heterocycles. The Kier molecular flexibility index (Phi) is 4.86. The number of carbonyl (C=O) groups is 1. The minimum atomic E-state index is 0.276. The molecule has 6 nitrogen and oxygen atoms in total. The molecule has 8 heteroatoms. The first kappa shape index (κ1) is 16.1. The number of thioether (sulfide) groups is 1. The molecular formula is C16H21N5OS2. The highest BCUT2D eigenvalue weighted by molar-refractivity contribution is 7.99. The summed E-state index contributed by atoms with van der Waals surface area (Å²) in [6.45, 7) is 4.23. The lowest BCUT2D eigenvalue weighted by Crippen LogP contribution is -2.51. The molecule has 2 saturated heterocycles. The van der Waals surface area contributed by atoms with Crippen LogP contribution in [-0.2, 0) is 4.79 Å². The quantitative estimate of drug-likeness (QED) is 0.890. The molecule has 128 valence electrons. The maximum Gasteiger partial charge on any atom is 0.224 e. The second kappa shape index (κ2) is 7.25. The van der Waals surface area contributed by atoms with Gasteiger partial charge in [-0.1, -0.05) is 0 Å². The highest BCUT2D eigenvalue weighted by Gasteiger charge is 2.25. The van der Waals surface area contributed by atoms with Crippen LogP contribution in [0, 0.1) is 0 Å². The van der Waals surface area contributed by atoms with Crippen molar-refractivity contribution >= 4 is 45.0 Å². The number of aromatic nitrogens is 2. The summed E-state index contributed by atoms with van der Waals surface area (Å²) in [5.74, 6) is 3.48. The fourth-order valence-electron chi connectivity index (χ4n) is 3.26. The summed E-state index contributed by atoms with van der Waals surface area (Å²) in [4.78, 5) is 25.6. The van der Waals surface area contributed by atoms with Gasteiger partial charge in [-0.2, -0.15) is 11.8 Å². The number of carbonyl (C=O) groups excluding carboxylic acids is 1. The molecule has 24 heavy (non-hydrogen) atoms. The van der Waals surface area contributed by atoms with Crippen molar-refractivity contribution in [1.82, 2.24) is 20.2 Å². The Hall–Kier alpha value is -1.38. The number of amides is 1. The van der Waals surface area contributed by atoms with E-state index in [0.29, 0.717) is 12.5 Å². The van der Waals surface area contributed by atoms with Gasteiger partial charge >= 0.3 is 0 Å². The third kappa shape index (κ3) is 3.36. The molecule has 0 aliphatic carbocycles. The average molecular weight is 364 g/mol. The Morgan fingerprint density at radius 3 is 2.96 bits per heavy atom. The molecule has 0 spiro atoms. The van der Waals surface area contributed by atoms with Crippen molar-refractivity contribution in [3.8, 4) is 0 Å². The van der Waals surface area contributed by atoms with Crippen LogP contribution in [0.2, 0.25) is 0 Å². The second-order valence-corrected chi connectivity index (χ2v) is 8.20. The van der Waals surface area contributed by atoms with Crippen LogP contribution in [0.5, 0.6) is 0 Å². The highest BCUT2D eigenvalue weighted by atomic mass is 32.2. The van der Waals surface area contributed by atoms with E-state index in [2.05, 4.69) is 25.6 Å². The van der Waals surface area contributed by atoms with Gasteiger partial charge in [0.2, 0.25) is 5.91 Å². The van der Waals surface area contributed by atoms with Crippen LogP contribution in [0.3, 0.4) is 0 Å². The number of nitrogens with one attached hydrogen (secondary N) is 1. The van der Waals surface area contributed by atoms with E-state index in [-0.39, 0.29) is 5.91 Å². The van der Waals surface area contributed by atoms with Gasteiger partial charge in [-0.15, -0.1) is 11.3 Å². The van der Waals surface area contributed by atoms with Gasteiger partial charge in [0.05, 0.1) is 10.2 Å². The first-order chi connectivity index (χ1) is 11.8. The van der Waals surface area contributed by atoms with Crippen LogP contribution in [-0.4, -0.2) is 71.0 Å². The molecule has 2 fully saturated rings. The van der Waals surface area contributed by atoms with Crippen LogP contribution in [0.4, 0.5) is 5.82 Å². The molecule has 0 radical (unpaired) electrons. The Morgan fingerprint density at radius 1 is 1.29 bits per heavy atom. The summed E-state index contributed by atoms with van der Waals surface area (Å²) in [6.07, 6.45) is 2.25. The van der Waals surface area contributed by atoms with Gasteiger partial charge in [0.15, 0.2) is 0 Å². The molecule has 0 aromatic carbocycles. The zero-order valence-electron chi connectivity index (χ0n) is 13.5. The van der Waals surface area contributed by atoms with Crippen molar-refractivity contribution in [2.45, 2.75) is 12.5 Å². The van der Waals surface area contributed by atoms with Crippen molar-refractivity contribution in [3.63, 3.8) is 0 Å². The number of thiophene rings is 1. The zero-order valence-corrected chi connectivity index (χ0v) is 15.1. The van der Waals surface area contributed by atoms with Crippen molar-refractivity contribution in [3.05, 3.63) is 17.8 Å².